The number of thioether (sulfide) groups is 1. The summed E-state index contributed by atoms with van der Waals surface area (Å²) in [5, 5.41) is 23.3. The van der Waals surface area contributed by atoms with Gasteiger partial charge in [-0.05, 0) is 12.8 Å². The number of hydrogen-bond donors (Lipinski definition) is 5. The Labute approximate surface area is 236 Å². The van der Waals surface area contributed by atoms with Crippen molar-refractivity contribution >= 4 is 53.2 Å². The fourth-order valence-electron chi connectivity index (χ4n) is 5.03. The van der Waals surface area contributed by atoms with E-state index >= 15 is 0 Å². The first-order valence-electron chi connectivity index (χ1n) is 12.2. The number of ether oxygens (including phenoxy) is 2. The molecule has 3 amide bonds. The number of ketones is 2. The molecule has 1 saturated heterocycles. The fraction of sp³-hybridized carbons (Fsp3) is 0.400. The smallest absolute Gasteiger partial charge is 0.407 e. The molecule has 1 aliphatic carbocycles. The van der Waals surface area contributed by atoms with Crippen molar-refractivity contribution in [3.05, 3.63) is 46.7 Å². The number of β-lactam (4-membered cyclic amide) rings is 1. The number of nitrogens with one attached hydrogen (secondary N) is 2. The van der Waals surface area contributed by atoms with Crippen molar-refractivity contribution in [1.82, 2.24) is 15.5 Å². The third-order valence-electron chi connectivity index (χ3n) is 7.25. The summed E-state index contributed by atoms with van der Waals surface area (Å²) in [6.45, 7) is -0.394. The van der Waals surface area contributed by atoms with Gasteiger partial charge in [0.2, 0.25) is 5.91 Å². The van der Waals surface area contributed by atoms with Crippen LogP contribution in [0.4, 0.5) is 4.79 Å². The van der Waals surface area contributed by atoms with E-state index < -0.39 is 89.1 Å². The largest absolute Gasteiger partial charge is 0.480 e. The highest BCUT2D eigenvalue weighted by atomic mass is 32.2. The number of methoxy groups -OCH3 is 1. The Balaban J connectivity index is 1.49. The van der Waals surface area contributed by atoms with Crippen molar-refractivity contribution in [2.45, 2.75) is 30.0 Å². The molecule has 2 aliphatic heterocycles. The number of amides is 3. The number of aliphatic carboxylic acids is 2. The van der Waals surface area contributed by atoms with Crippen molar-refractivity contribution in [2.75, 3.05) is 26.5 Å². The summed E-state index contributed by atoms with van der Waals surface area (Å²) in [7, 11) is 2.45. The SMILES string of the molecule is CNC(=O)OCC1=C(C(=O)O)N2C(=O)[C@](NC(=O)C(N)CCC3(C(=O)O)C(=O)c4ccccc4C3=O)(OC)[C@@H]2SC1. The summed E-state index contributed by atoms with van der Waals surface area (Å²) in [4.78, 5) is 88.8. The van der Waals surface area contributed by atoms with Gasteiger partial charge in [-0.1, -0.05) is 24.3 Å². The molecule has 1 unspecified atom stereocenters. The van der Waals surface area contributed by atoms with Gasteiger partial charge < -0.3 is 36.1 Å². The van der Waals surface area contributed by atoms with Gasteiger partial charge in [-0.3, -0.25) is 28.9 Å². The summed E-state index contributed by atoms with van der Waals surface area (Å²) in [6, 6.07) is 4.22. The minimum Gasteiger partial charge on any atom is -0.480 e. The summed E-state index contributed by atoms with van der Waals surface area (Å²) < 4.78 is 10.3. The molecule has 1 fully saturated rings. The number of benzene rings is 1. The van der Waals surface area contributed by atoms with Gasteiger partial charge in [0.1, 0.15) is 17.7 Å². The second-order valence-corrected chi connectivity index (χ2v) is 10.5. The molecule has 1 aromatic carbocycles. The van der Waals surface area contributed by atoms with Gasteiger partial charge in [-0.2, -0.15) is 0 Å². The number of carbonyl (C=O) groups is 7. The molecule has 6 N–H and O–H groups in total. The van der Waals surface area contributed by atoms with E-state index in [1.807, 2.05) is 0 Å². The molecule has 4 rings (SSSR count). The van der Waals surface area contributed by atoms with Gasteiger partial charge in [0.05, 0.1) is 6.04 Å². The molecule has 0 bridgehead atoms. The van der Waals surface area contributed by atoms with Crippen LogP contribution in [-0.4, -0.2) is 100 Å². The van der Waals surface area contributed by atoms with Gasteiger partial charge in [-0.25, -0.2) is 9.59 Å². The second-order valence-electron chi connectivity index (χ2n) is 9.41. The molecule has 16 heteroatoms. The van der Waals surface area contributed by atoms with Gasteiger partial charge >= 0.3 is 18.0 Å². The van der Waals surface area contributed by atoms with E-state index in [0.29, 0.717) is 0 Å². The zero-order chi connectivity index (χ0) is 30.3. The summed E-state index contributed by atoms with van der Waals surface area (Å²) in [5.41, 5.74) is 1.21. The first-order valence-corrected chi connectivity index (χ1v) is 13.2. The van der Waals surface area contributed by atoms with Crippen LogP contribution < -0.4 is 16.4 Å². The highest BCUT2D eigenvalue weighted by Gasteiger charge is 2.67. The van der Waals surface area contributed by atoms with Crippen molar-refractivity contribution < 1.29 is 53.2 Å². The first kappa shape index (κ1) is 29.7. The summed E-state index contributed by atoms with van der Waals surface area (Å²) in [5.74, 6) is -6.79. The van der Waals surface area contributed by atoms with Gasteiger partial charge in [0.15, 0.2) is 17.0 Å². The average molecular weight is 591 g/mol. The Hall–Kier alpha value is -4.28. The number of carbonyl (C=O) groups excluding carboxylic acids is 5. The molecule has 3 aliphatic rings. The van der Waals surface area contributed by atoms with Crippen LogP contribution in [0.1, 0.15) is 33.6 Å². The van der Waals surface area contributed by atoms with Crippen LogP contribution in [0.3, 0.4) is 0 Å². The maximum absolute atomic E-state index is 13.2. The van der Waals surface area contributed by atoms with Crippen LogP contribution in [-0.2, 0) is 28.7 Å². The molecular weight excluding hydrogens is 564 g/mol. The van der Waals surface area contributed by atoms with Crippen LogP contribution in [0.15, 0.2) is 35.5 Å². The molecule has 15 nitrogen and oxygen atoms in total. The monoisotopic (exact) mass is 590 g/mol. The van der Waals surface area contributed by atoms with Crippen molar-refractivity contribution in [3.63, 3.8) is 0 Å². The predicted octanol–water partition coefficient (Wildman–Crippen LogP) is -0.687. The number of hydrogen-bond acceptors (Lipinski definition) is 11. The lowest BCUT2D eigenvalue weighted by atomic mass is 9.77. The highest BCUT2D eigenvalue weighted by molar-refractivity contribution is 8.00. The van der Waals surface area contributed by atoms with E-state index in [4.69, 9.17) is 15.2 Å². The topological polar surface area (TPSA) is 232 Å². The van der Waals surface area contributed by atoms with Crippen molar-refractivity contribution in [3.8, 4) is 0 Å². The molecule has 0 radical (unpaired) electrons. The normalized spacial score (nSPS) is 23.2. The minimum absolute atomic E-state index is 0.0199. The number of alkyl carbamates (subject to hydrolysis) is 1. The number of Topliss-reactive ketones (excluding diaryl/α,β-unsaturated/α-hetero) is 2. The third-order valence-corrected chi connectivity index (χ3v) is 8.62. The fourth-order valence-corrected chi connectivity index (χ4v) is 6.45. The lowest BCUT2D eigenvalue weighted by Gasteiger charge is -2.55. The van der Waals surface area contributed by atoms with E-state index in [9.17, 15) is 43.8 Å². The zero-order valence-corrected chi connectivity index (χ0v) is 22.6. The molecular formula is C25H26N4O11S. The van der Waals surface area contributed by atoms with E-state index in [1.165, 1.54) is 31.3 Å². The third kappa shape index (κ3) is 4.53. The van der Waals surface area contributed by atoms with E-state index in [2.05, 4.69) is 10.6 Å². The zero-order valence-electron chi connectivity index (χ0n) is 21.8. The molecule has 2 heterocycles. The number of fused-ring (bicyclic) bond motifs is 2. The van der Waals surface area contributed by atoms with Gasteiger partial charge in [-0.15, -0.1) is 11.8 Å². The quantitative estimate of drug-likeness (QED) is 0.129. The molecule has 1 aromatic rings. The number of carboxylic acid groups (broad SMARTS) is 2. The number of rotatable bonds is 10. The van der Waals surface area contributed by atoms with Crippen LogP contribution in [0.25, 0.3) is 0 Å². The maximum atomic E-state index is 13.2. The van der Waals surface area contributed by atoms with Crippen LogP contribution >= 0.6 is 11.8 Å². The van der Waals surface area contributed by atoms with Gasteiger partial charge in [0, 0.05) is 36.6 Å². The number of nitrogens with two attached hydrogens (primary N) is 1. The molecule has 0 saturated carbocycles. The van der Waals surface area contributed by atoms with Crippen LogP contribution in [0.2, 0.25) is 0 Å². The number of nitrogens with zero attached hydrogens (tertiary/aromatic N) is 1. The Morgan fingerprint density at radius 3 is 2.27 bits per heavy atom. The Kier molecular flexibility index (Phi) is 7.93. The maximum Gasteiger partial charge on any atom is 0.407 e. The Morgan fingerprint density at radius 1 is 1.15 bits per heavy atom. The standard InChI is InChI=1S/C25H26N4O11S/c1-27-23(38)40-9-11-10-41-21-25(39-2,20(35)29(21)15(11)19(33)34)28-18(32)14(26)7-8-24(22(36)37)16(30)12-5-3-4-6-13(12)17(24)31/h3-6,14,21H,7-10,26H2,1-2H3,(H,27,38)(H,28,32)(H,33,34)(H,36,37)/t14?,21-,25-/m0/s1. The Bertz CT molecular complexity index is 1370. The Morgan fingerprint density at radius 2 is 1.76 bits per heavy atom. The molecule has 0 spiro atoms. The van der Waals surface area contributed by atoms with Crippen LogP contribution in [0, 0.1) is 5.41 Å². The minimum atomic E-state index is -2.45. The van der Waals surface area contributed by atoms with E-state index in [-0.39, 0.29) is 22.5 Å². The summed E-state index contributed by atoms with van der Waals surface area (Å²) >= 11 is 1.05. The highest BCUT2D eigenvalue weighted by Crippen LogP contribution is 2.47. The van der Waals surface area contributed by atoms with Crippen molar-refractivity contribution in [1.29, 1.82) is 0 Å². The lowest BCUT2D eigenvalue weighted by molar-refractivity contribution is -0.192. The molecule has 41 heavy (non-hydrogen) atoms. The first-order chi connectivity index (χ1) is 19.4. The lowest BCUT2D eigenvalue weighted by Crippen LogP contribution is -2.81. The van der Waals surface area contributed by atoms with Crippen molar-refractivity contribution in [2.24, 2.45) is 11.1 Å². The average Bonchev–Trinajstić information content (AvgIpc) is 3.18. The number of carboxylic acids is 2. The van der Waals surface area contributed by atoms with E-state index in [1.54, 1.807) is 0 Å². The second kappa shape index (κ2) is 10.9. The molecule has 218 valence electrons. The predicted molar refractivity (Wildman–Crippen MR) is 138 cm³/mol. The summed E-state index contributed by atoms with van der Waals surface area (Å²) in [6.07, 6.45) is -1.80. The van der Waals surface area contributed by atoms with Crippen LogP contribution in [0.5, 0.6) is 0 Å². The van der Waals surface area contributed by atoms with Gasteiger partial charge in [0.25, 0.3) is 11.6 Å². The molecule has 3 atom stereocenters. The molecule has 0 aromatic heterocycles. The van der Waals surface area contributed by atoms with E-state index in [0.717, 1.165) is 23.8 Å².